The van der Waals surface area contributed by atoms with Crippen LogP contribution in [0, 0.1) is 10.1 Å². The number of methoxy groups -OCH3 is 1. The van der Waals surface area contributed by atoms with Crippen LogP contribution in [0.2, 0.25) is 0 Å². The average Bonchev–Trinajstić information content (AvgIpc) is 2.60. The van der Waals surface area contributed by atoms with E-state index in [1.165, 1.54) is 31.0 Å². The third-order valence-corrected chi connectivity index (χ3v) is 4.95. The normalized spacial score (nSPS) is 16.2. The van der Waals surface area contributed by atoms with Gasteiger partial charge < -0.3 is 4.74 Å². The van der Waals surface area contributed by atoms with Gasteiger partial charge in [0.25, 0.3) is 5.69 Å². The summed E-state index contributed by atoms with van der Waals surface area (Å²) in [6.07, 6.45) is 1.79. The molecule has 0 amide bonds. The number of ether oxygens (including phenoxy) is 1. The first kappa shape index (κ1) is 15.3. The lowest BCUT2D eigenvalue weighted by Crippen LogP contribution is -2.14. The lowest BCUT2D eigenvalue weighted by Gasteiger charge is -2.24. The average molecular weight is 327 g/mol. The van der Waals surface area contributed by atoms with E-state index in [9.17, 15) is 14.9 Å². The van der Waals surface area contributed by atoms with Gasteiger partial charge in [0.1, 0.15) is 0 Å². The van der Waals surface area contributed by atoms with Crippen molar-refractivity contribution >= 4 is 29.5 Å². The van der Waals surface area contributed by atoms with E-state index >= 15 is 0 Å². The van der Waals surface area contributed by atoms with Crippen molar-refractivity contribution in [2.75, 3.05) is 7.11 Å². The number of hydrogen-bond acceptors (Lipinski definition) is 5. The molecular weight excluding hydrogens is 314 g/mol. The third kappa shape index (κ3) is 2.98. The van der Waals surface area contributed by atoms with E-state index in [2.05, 4.69) is 0 Å². The number of nitrogens with zero attached hydrogens (tertiary/aromatic N) is 1. The predicted molar refractivity (Wildman–Crippen MR) is 88.1 cm³/mol. The number of non-ortho nitro benzene ring substituents is 1. The van der Waals surface area contributed by atoms with Gasteiger partial charge in [-0.25, -0.2) is 4.79 Å². The molecule has 6 heteroatoms. The number of carbonyl (C=O) groups excluding carboxylic acids is 1. The zero-order chi connectivity index (χ0) is 16.4. The van der Waals surface area contributed by atoms with Crippen molar-refractivity contribution in [2.24, 2.45) is 0 Å². The first-order valence-corrected chi connectivity index (χ1v) is 7.78. The molecule has 2 aromatic rings. The second-order valence-corrected chi connectivity index (χ2v) is 6.13. The molecule has 1 aliphatic heterocycles. The Morgan fingerprint density at radius 2 is 2.00 bits per heavy atom. The number of nitro groups is 1. The predicted octanol–water partition coefficient (Wildman–Crippen LogP) is 4.00. The molecule has 0 radical (unpaired) electrons. The molecule has 0 spiro atoms. The van der Waals surface area contributed by atoms with Crippen molar-refractivity contribution in [2.45, 2.75) is 10.1 Å². The van der Waals surface area contributed by atoms with Crippen molar-refractivity contribution < 1.29 is 14.5 Å². The van der Waals surface area contributed by atoms with Gasteiger partial charge in [-0.2, -0.15) is 0 Å². The Kier molecular flexibility index (Phi) is 4.16. The SMILES string of the molecule is COC(=O)C1=Cc2ccccc2SC1c1cccc([N+](=O)[O-])c1. The fourth-order valence-corrected chi connectivity index (χ4v) is 3.72. The van der Waals surface area contributed by atoms with Crippen LogP contribution in [0.3, 0.4) is 0 Å². The van der Waals surface area contributed by atoms with Gasteiger partial charge in [-0.3, -0.25) is 10.1 Å². The molecule has 0 aliphatic carbocycles. The Hall–Kier alpha value is -2.60. The van der Waals surface area contributed by atoms with Gasteiger partial charge in [-0.1, -0.05) is 30.3 Å². The summed E-state index contributed by atoms with van der Waals surface area (Å²) in [6, 6.07) is 14.1. The maximum Gasteiger partial charge on any atom is 0.335 e. The van der Waals surface area contributed by atoms with Gasteiger partial charge in [0.15, 0.2) is 0 Å². The van der Waals surface area contributed by atoms with Crippen molar-refractivity contribution in [3.63, 3.8) is 0 Å². The van der Waals surface area contributed by atoms with Crippen molar-refractivity contribution in [1.29, 1.82) is 0 Å². The first-order valence-electron chi connectivity index (χ1n) is 6.90. The highest BCUT2D eigenvalue weighted by atomic mass is 32.2. The van der Waals surface area contributed by atoms with E-state index in [4.69, 9.17) is 4.74 Å². The largest absolute Gasteiger partial charge is 0.466 e. The fourth-order valence-electron chi connectivity index (χ4n) is 2.47. The Bertz CT molecular complexity index is 816. The third-order valence-electron chi connectivity index (χ3n) is 3.56. The Labute approximate surface area is 137 Å². The Morgan fingerprint density at radius 3 is 2.74 bits per heavy atom. The highest BCUT2D eigenvalue weighted by molar-refractivity contribution is 8.00. The minimum atomic E-state index is -0.438. The van der Waals surface area contributed by atoms with Gasteiger partial charge in [0, 0.05) is 17.0 Å². The van der Waals surface area contributed by atoms with Gasteiger partial charge in [0.05, 0.1) is 22.9 Å². The van der Waals surface area contributed by atoms with Gasteiger partial charge in [-0.05, 0) is 23.3 Å². The Balaban J connectivity index is 2.09. The topological polar surface area (TPSA) is 69.4 Å². The van der Waals surface area contributed by atoms with Crippen molar-refractivity contribution in [3.05, 3.63) is 75.3 Å². The summed E-state index contributed by atoms with van der Waals surface area (Å²) in [4.78, 5) is 23.7. The standard InChI is InChI=1S/C17H13NO4S/c1-22-17(19)14-10-11-5-2-3-8-15(11)23-16(14)12-6-4-7-13(9-12)18(20)21/h2-10,16H,1H3. The molecule has 1 unspecified atom stereocenters. The minimum absolute atomic E-state index is 0.00572. The maximum atomic E-state index is 12.1. The molecule has 0 aromatic heterocycles. The quantitative estimate of drug-likeness (QED) is 0.484. The zero-order valence-corrected chi connectivity index (χ0v) is 13.1. The summed E-state index contributed by atoms with van der Waals surface area (Å²) in [7, 11) is 1.33. The smallest absolute Gasteiger partial charge is 0.335 e. The van der Waals surface area contributed by atoms with Crippen LogP contribution < -0.4 is 0 Å². The number of hydrogen-bond donors (Lipinski definition) is 0. The molecule has 0 bridgehead atoms. The van der Waals surface area contributed by atoms with Gasteiger partial charge >= 0.3 is 5.97 Å². The lowest BCUT2D eigenvalue weighted by molar-refractivity contribution is -0.384. The summed E-state index contributed by atoms with van der Waals surface area (Å²) in [5.74, 6) is -0.427. The number of nitro benzene ring substituents is 1. The van der Waals surface area contributed by atoms with Crippen LogP contribution in [0.5, 0.6) is 0 Å². The maximum absolute atomic E-state index is 12.1. The number of rotatable bonds is 3. The molecule has 2 aromatic carbocycles. The van der Waals surface area contributed by atoms with E-state index in [0.29, 0.717) is 11.1 Å². The van der Waals surface area contributed by atoms with Crippen LogP contribution in [0.4, 0.5) is 5.69 Å². The zero-order valence-electron chi connectivity index (χ0n) is 12.3. The van der Waals surface area contributed by atoms with Crippen LogP contribution in [-0.2, 0) is 9.53 Å². The molecule has 1 aliphatic rings. The number of benzene rings is 2. The fraction of sp³-hybridized carbons (Fsp3) is 0.118. The van der Waals surface area contributed by atoms with Crippen LogP contribution in [0.25, 0.3) is 6.08 Å². The molecule has 23 heavy (non-hydrogen) atoms. The second kappa shape index (κ2) is 6.26. The summed E-state index contributed by atoms with van der Waals surface area (Å²) in [5.41, 5.74) is 2.14. The first-order chi connectivity index (χ1) is 11.1. The summed E-state index contributed by atoms with van der Waals surface area (Å²) < 4.78 is 4.88. The van der Waals surface area contributed by atoms with Crippen molar-refractivity contribution in [1.82, 2.24) is 0 Å². The molecule has 3 rings (SSSR count). The number of esters is 1. The number of fused-ring (bicyclic) bond motifs is 1. The van der Waals surface area contributed by atoms with Crippen LogP contribution in [0.1, 0.15) is 16.4 Å². The highest BCUT2D eigenvalue weighted by Crippen LogP contribution is 2.47. The molecule has 1 heterocycles. The molecule has 5 nitrogen and oxygen atoms in total. The molecular formula is C17H13NO4S. The molecule has 0 saturated carbocycles. The van der Waals surface area contributed by atoms with E-state index in [1.54, 1.807) is 18.2 Å². The van der Waals surface area contributed by atoms with E-state index in [-0.39, 0.29) is 10.9 Å². The molecule has 0 saturated heterocycles. The van der Waals surface area contributed by atoms with E-state index in [0.717, 1.165) is 10.5 Å². The van der Waals surface area contributed by atoms with Gasteiger partial charge in [0.2, 0.25) is 0 Å². The van der Waals surface area contributed by atoms with E-state index < -0.39 is 10.9 Å². The molecule has 0 N–H and O–H groups in total. The minimum Gasteiger partial charge on any atom is -0.466 e. The monoisotopic (exact) mass is 327 g/mol. The summed E-state index contributed by atoms with van der Waals surface area (Å²) in [5, 5.41) is 10.7. The summed E-state index contributed by atoms with van der Waals surface area (Å²) in [6.45, 7) is 0. The molecule has 116 valence electrons. The molecule has 0 fully saturated rings. The van der Waals surface area contributed by atoms with Crippen molar-refractivity contribution in [3.8, 4) is 0 Å². The van der Waals surface area contributed by atoms with E-state index in [1.807, 2.05) is 24.3 Å². The van der Waals surface area contributed by atoms with Crippen LogP contribution in [0.15, 0.2) is 59.0 Å². The number of thioether (sulfide) groups is 1. The Morgan fingerprint density at radius 1 is 1.22 bits per heavy atom. The van der Waals surface area contributed by atoms with Crippen LogP contribution in [-0.4, -0.2) is 18.0 Å². The summed E-state index contributed by atoms with van der Waals surface area (Å²) >= 11 is 1.49. The highest BCUT2D eigenvalue weighted by Gasteiger charge is 2.29. The number of carbonyl (C=O) groups is 1. The van der Waals surface area contributed by atoms with Gasteiger partial charge in [-0.15, -0.1) is 11.8 Å². The van der Waals surface area contributed by atoms with Crippen LogP contribution >= 0.6 is 11.8 Å². The lowest BCUT2D eigenvalue weighted by atomic mass is 10.0. The molecule has 1 atom stereocenters. The second-order valence-electron chi connectivity index (χ2n) is 4.98.